The van der Waals surface area contributed by atoms with Gasteiger partial charge in [0.1, 0.15) is 0 Å². The molecule has 120 valence electrons. The molecule has 1 unspecified atom stereocenters. The Morgan fingerprint density at radius 1 is 1.15 bits per heavy atom. The van der Waals surface area contributed by atoms with Gasteiger partial charge in [-0.05, 0) is 56.4 Å². The zero-order valence-electron chi connectivity index (χ0n) is 14.9. The maximum absolute atomic E-state index is 6.54. The van der Waals surface area contributed by atoms with Crippen molar-refractivity contribution in [3.63, 3.8) is 0 Å². The molecule has 1 aliphatic carbocycles. The van der Waals surface area contributed by atoms with Gasteiger partial charge in [-0.2, -0.15) is 0 Å². The summed E-state index contributed by atoms with van der Waals surface area (Å²) >= 11 is 0. The smallest absolute Gasteiger partial charge is 0.0810 e. The standard InChI is InChI=1S/C18H37NO/c1-8-19-13-18(20-15(4)14(2)3)11-9-16(10-12-18)17(5,6)7/h14-16,19H,8-13H2,1-7H3. The van der Waals surface area contributed by atoms with Crippen LogP contribution in [0.4, 0.5) is 0 Å². The van der Waals surface area contributed by atoms with Gasteiger partial charge in [-0.1, -0.05) is 41.5 Å². The number of ether oxygens (including phenoxy) is 1. The maximum Gasteiger partial charge on any atom is 0.0810 e. The fourth-order valence-corrected chi connectivity index (χ4v) is 3.23. The Bertz CT molecular complexity index is 272. The minimum Gasteiger partial charge on any atom is -0.370 e. The molecular formula is C18H37NO. The Morgan fingerprint density at radius 2 is 1.70 bits per heavy atom. The van der Waals surface area contributed by atoms with Crippen LogP contribution in [0.1, 0.15) is 74.1 Å². The Labute approximate surface area is 127 Å². The van der Waals surface area contributed by atoms with E-state index in [4.69, 9.17) is 4.74 Å². The average Bonchev–Trinajstić information content (AvgIpc) is 2.36. The lowest BCUT2D eigenvalue weighted by molar-refractivity contribution is -0.130. The van der Waals surface area contributed by atoms with Crippen molar-refractivity contribution < 1.29 is 4.74 Å². The highest BCUT2D eigenvalue weighted by molar-refractivity contribution is 4.92. The first-order valence-corrected chi connectivity index (χ1v) is 8.59. The van der Waals surface area contributed by atoms with Gasteiger partial charge in [-0.15, -0.1) is 0 Å². The van der Waals surface area contributed by atoms with Crippen LogP contribution in [-0.2, 0) is 4.74 Å². The third kappa shape index (κ3) is 5.04. The summed E-state index contributed by atoms with van der Waals surface area (Å²) in [5.41, 5.74) is 0.509. The monoisotopic (exact) mass is 283 g/mol. The molecule has 1 aliphatic rings. The molecule has 0 amide bonds. The quantitative estimate of drug-likeness (QED) is 0.767. The summed E-state index contributed by atoms with van der Waals surface area (Å²) < 4.78 is 6.54. The molecule has 0 aromatic heterocycles. The molecule has 0 aliphatic heterocycles. The highest BCUT2D eigenvalue weighted by atomic mass is 16.5. The van der Waals surface area contributed by atoms with Gasteiger partial charge in [0.15, 0.2) is 0 Å². The molecule has 1 rings (SSSR count). The second-order valence-electron chi connectivity index (χ2n) is 8.17. The molecule has 0 heterocycles. The van der Waals surface area contributed by atoms with Crippen molar-refractivity contribution in [1.82, 2.24) is 5.32 Å². The molecule has 2 nitrogen and oxygen atoms in total. The molecule has 1 N–H and O–H groups in total. The van der Waals surface area contributed by atoms with Gasteiger partial charge >= 0.3 is 0 Å². The van der Waals surface area contributed by atoms with E-state index in [0.717, 1.165) is 19.0 Å². The number of likely N-dealkylation sites (N-methyl/N-ethyl adjacent to an activating group) is 1. The Hall–Kier alpha value is -0.0800. The van der Waals surface area contributed by atoms with Crippen molar-refractivity contribution in [2.45, 2.75) is 85.9 Å². The van der Waals surface area contributed by atoms with Crippen LogP contribution in [0.2, 0.25) is 0 Å². The summed E-state index contributed by atoms with van der Waals surface area (Å²) in [5, 5.41) is 3.53. The normalized spacial score (nSPS) is 29.7. The third-order valence-electron chi connectivity index (χ3n) is 5.19. The van der Waals surface area contributed by atoms with Gasteiger partial charge in [0.25, 0.3) is 0 Å². The lowest BCUT2D eigenvalue weighted by Crippen LogP contribution is -2.49. The zero-order valence-corrected chi connectivity index (χ0v) is 14.9. The van der Waals surface area contributed by atoms with E-state index in [9.17, 15) is 0 Å². The number of rotatable bonds is 6. The van der Waals surface area contributed by atoms with E-state index < -0.39 is 0 Å². The molecule has 2 heteroatoms. The van der Waals surface area contributed by atoms with E-state index in [0.29, 0.717) is 17.4 Å². The van der Waals surface area contributed by atoms with Crippen LogP contribution >= 0.6 is 0 Å². The second-order valence-corrected chi connectivity index (χ2v) is 8.17. The van der Waals surface area contributed by atoms with Gasteiger partial charge in [0.2, 0.25) is 0 Å². The van der Waals surface area contributed by atoms with Crippen molar-refractivity contribution in [3.05, 3.63) is 0 Å². The van der Waals surface area contributed by atoms with Crippen LogP contribution in [-0.4, -0.2) is 24.8 Å². The first-order chi connectivity index (χ1) is 9.20. The summed E-state index contributed by atoms with van der Waals surface area (Å²) in [5.74, 6) is 1.43. The SMILES string of the molecule is CCNCC1(OC(C)C(C)C)CCC(C(C)(C)C)CC1. The van der Waals surface area contributed by atoms with E-state index in [-0.39, 0.29) is 5.60 Å². The van der Waals surface area contributed by atoms with Crippen LogP contribution in [0.15, 0.2) is 0 Å². The van der Waals surface area contributed by atoms with Gasteiger partial charge in [0.05, 0.1) is 11.7 Å². The van der Waals surface area contributed by atoms with Gasteiger partial charge < -0.3 is 10.1 Å². The van der Waals surface area contributed by atoms with E-state index in [1.807, 2.05) is 0 Å². The van der Waals surface area contributed by atoms with Crippen molar-refractivity contribution >= 4 is 0 Å². The zero-order chi connectivity index (χ0) is 15.4. The average molecular weight is 284 g/mol. The molecule has 0 aromatic rings. The minimum atomic E-state index is 0.0709. The fourth-order valence-electron chi connectivity index (χ4n) is 3.23. The molecule has 0 radical (unpaired) electrons. The van der Waals surface area contributed by atoms with Crippen LogP contribution in [0.5, 0.6) is 0 Å². The summed E-state index contributed by atoms with van der Waals surface area (Å²) in [6.07, 6.45) is 5.37. The topological polar surface area (TPSA) is 21.3 Å². The summed E-state index contributed by atoms with van der Waals surface area (Å²) in [6, 6.07) is 0. The van der Waals surface area contributed by atoms with Crippen LogP contribution in [0, 0.1) is 17.3 Å². The van der Waals surface area contributed by atoms with Crippen LogP contribution < -0.4 is 5.32 Å². The molecule has 0 saturated heterocycles. The fraction of sp³-hybridized carbons (Fsp3) is 1.00. The van der Waals surface area contributed by atoms with Crippen molar-refractivity contribution in [1.29, 1.82) is 0 Å². The van der Waals surface area contributed by atoms with E-state index in [1.165, 1.54) is 25.7 Å². The Morgan fingerprint density at radius 3 is 2.10 bits per heavy atom. The van der Waals surface area contributed by atoms with Gasteiger partial charge in [0, 0.05) is 6.54 Å². The van der Waals surface area contributed by atoms with E-state index in [1.54, 1.807) is 0 Å². The molecule has 0 bridgehead atoms. The molecule has 1 saturated carbocycles. The van der Waals surface area contributed by atoms with Gasteiger partial charge in [-0.3, -0.25) is 0 Å². The Balaban J connectivity index is 2.67. The largest absolute Gasteiger partial charge is 0.370 e. The van der Waals surface area contributed by atoms with Crippen molar-refractivity contribution in [2.75, 3.05) is 13.1 Å². The maximum atomic E-state index is 6.54. The first kappa shape index (κ1) is 18.0. The minimum absolute atomic E-state index is 0.0709. The lowest BCUT2D eigenvalue weighted by atomic mass is 9.68. The number of hydrogen-bond donors (Lipinski definition) is 1. The molecule has 1 fully saturated rings. The highest BCUT2D eigenvalue weighted by Crippen LogP contribution is 2.43. The van der Waals surface area contributed by atoms with E-state index in [2.05, 4.69) is 53.8 Å². The Kier molecular flexibility index (Phi) is 6.53. The van der Waals surface area contributed by atoms with E-state index >= 15 is 0 Å². The molecular weight excluding hydrogens is 246 g/mol. The summed E-state index contributed by atoms with van der Waals surface area (Å²) in [7, 11) is 0. The lowest BCUT2D eigenvalue weighted by Gasteiger charge is -2.45. The first-order valence-electron chi connectivity index (χ1n) is 8.59. The molecule has 1 atom stereocenters. The van der Waals surface area contributed by atoms with Crippen LogP contribution in [0.3, 0.4) is 0 Å². The van der Waals surface area contributed by atoms with Crippen molar-refractivity contribution in [2.24, 2.45) is 17.3 Å². The number of hydrogen-bond acceptors (Lipinski definition) is 2. The predicted octanol–water partition coefficient (Wildman–Crippen LogP) is 4.63. The highest BCUT2D eigenvalue weighted by Gasteiger charge is 2.40. The van der Waals surface area contributed by atoms with Gasteiger partial charge in [-0.25, -0.2) is 0 Å². The molecule has 0 aromatic carbocycles. The molecule has 20 heavy (non-hydrogen) atoms. The van der Waals surface area contributed by atoms with Crippen molar-refractivity contribution in [3.8, 4) is 0 Å². The van der Waals surface area contributed by atoms with Crippen LogP contribution in [0.25, 0.3) is 0 Å². The summed E-state index contributed by atoms with van der Waals surface area (Å²) in [6.45, 7) is 18.1. The number of nitrogens with one attached hydrogen (secondary N) is 1. The molecule has 0 spiro atoms. The summed E-state index contributed by atoms with van der Waals surface area (Å²) in [4.78, 5) is 0. The third-order valence-corrected chi connectivity index (χ3v) is 5.19. The predicted molar refractivity (Wildman–Crippen MR) is 88.1 cm³/mol. The second kappa shape index (κ2) is 7.26.